The molecule has 0 spiro atoms. The molecule has 0 N–H and O–H groups in total. The Kier molecular flexibility index (Phi) is 6.18. The maximum absolute atomic E-state index is 11.6. The summed E-state index contributed by atoms with van der Waals surface area (Å²) in [6.45, 7) is 2.21. The molecule has 100 valence electrons. The van der Waals surface area contributed by atoms with Crippen molar-refractivity contribution in [2.24, 2.45) is 0 Å². The van der Waals surface area contributed by atoms with Gasteiger partial charge < -0.3 is 9.47 Å². The summed E-state index contributed by atoms with van der Waals surface area (Å²) in [7, 11) is 3.15. The van der Waals surface area contributed by atoms with E-state index in [9.17, 15) is 4.79 Å². The van der Waals surface area contributed by atoms with E-state index in [4.69, 9.17) is 14.4 Å². The van der Waals surface area contributed by atoms with Gasteiger partial charge in [0.15, 0.2) is 0 Å². The van der Waals surface area contributed by atoms with E-state index in [1.165, 1.54) is 7.11 Å². The number of carbonyl (C=O) groups excluding carboxylic acids is 1. The third-order valence-electron chi connectivity index (χ3n) is 2.45. The van der Waals surface area contributed by atoms with E-state index >= 15 is 0 Å². The van der Waals surface area contributed by atoms with Gasteiger partial charge in [0, 0.05) is 13.5 Å². The van der Waals surface area contributed by atoms with E-state index in [-0.39, 0.29) is 6.10 Å². The summed E-state index contributed by atoms with van der Waals surface area (Å²) in [6.07, 6.45) is 0.725. The van der Waals surface area contributed by atoms with Gasteiger partial charge in [-0.1, -0.05) is 6.07 Å². The van der Waals surface area contributed by atoms with Gasteiger partial charge in [-0.2, -0.15) is 4.89 Å². The Morgan fingerprint density at radius 3 is 2.78 bits per heavy atom. The minimum Gasteiger partial charge on any atom is -0.497 e. The summed E-state index contributed by atoms with van der Waals surface area (Å²) in [6, 6.07) is 6.68. The Bertz CT molecular complexity index is 377. The van der Waals surface area contributed by atoms with Crippen LogP contribution in [0.4, 0.5) is 0 Å². The molecule has 0 radical (unpaired) electrons. The molecule has 5 nitrogen and oxygen atoms in total. The fraction of sp³-hybridized carbons (Fsp3) is 0.462. The van der Waals surface area contributed by atoms with Crippen LogP contribution in [0.25, 0.3) is 0 Å². The highest BCUT2D eigenvalue weighted by atomic mass is 17.2. The summed E-state index contributed by atoms with van der Waals surface area (Å²) < 4.78 is 10.0. The SMILES string of the molecule is COc1cccc(C(=O)OOCCC(C)OC)c1. The van der Waals surface area contributed by atoms with Crippen LogP contribution in [0.15, 0.2) is 24.3 Å². The van der Waals surface area contributed by atoms with Crippen LogP contribution in [0.3, 0.4) is 0 Å². The average molecular weight is 254 g/mol. The minimum absolute atomic E-state index is 0.0699. The first kappa shape index (κ1) is 14.5. The molecule has 1 atom stereocenters. The molecule has 0 aliphatic heterocycles. The number of ether oxygens (including phenoxy) is 2. The topological polar surface area (TPSA) is 54.0 Å². The van der Waals surface area contributed by atoms with Crippen molar-refractivity contribution in [3.63, 3.8) is 0 Å². The number of hydrogen-bond donors (Lipinski definition) is 0. The quantitative estimate of drug-likeness (QED) is 0.424. The number of carbonyl (C=O) groups is 1. The molecular weight excluding hydrogens is 236 g/mol. The molecule has 0 aliphatic carbocycles. The zero-order valence-corrected chi connectivity index (χ0v) is 10.8. The number of methoxy groups -OCH3 is 2. The third kappa shape index (κ3) is 4.73. The van der Waals surface area contributed by atoms with Crippen molar-refractivity contribution in [2.45, 2.75) is 19.4 Å². The first-order chi connectivity index (χ1) is 8.67. The highest BCUT2D eigenvalue weighted by molar-refractivity contribution is 5.89. The molecule has 0 aromatic heterocycles. The van der Waals surface area contributed by atoms with Crippen LogP contribution in [0.2, 0.25) is 0 Å². The molecule has 18 heavy (non-hydrogen) atoms. The van der Waals surface area contributed by atoms with Gasteiger partial charge in [0.1, 0.15) is 5.75 Å². The van der Waals surface area contributed by atoms with Crippen molar-refractivity contribution in [2.75, 3.05) is 20.8 Å². The highest BCUT2D eigenvalue weighted by Gasteiger charge is 2.09. The van der Waals surface area contributed by atoms with Crippen LogP contribution < -0.4 is 4.74 Å². The molecule has 1 rings (SSSR count). The number of hydrogen-bond acceptors (Lipinski definition) is 5. The number of rotatable bonds is 7. The molecule has 0 saturated heterocycles. The van der Waals surface area contributed by atoms with E-state index in [0.717, 1.165) is 0 Å². The van der Waals surface area contributed by atoms with Crippen molar-refractivity contribution in [1.29, 1.82) is 0 Å². The summed E-state index contributed by atoms with van der Waals surface area (Å²) in [5.74, 6) is 0.0522. The molecule has 1 aromatic carbocycles. The minimum atomic E-state index is -0.543. The summed E-state index contributed by atoms with van der Waals surface area (Å²) >= 11 is 0. The van der Waals surface area contributed by atoms with Crippen molar-refractivity contribution in [3.05, 3.63) is 29.8 Å². The molecule has 0 heterocycles. The van der Waals surface area contributed by atoms with Crippen molar-refractivity contribution < 1.29 is 24.0 Å². The lowest BCUT2D eigenvalue weighted by Crippen LogP contribution is -2.12. The van der Waals surface area contributed by atoms with E-state index < -0.39 is 5.97 Å². The van der Waals surface area contributed by atoms with E-state index in [0.29, 0.717) is 24.3 Å². The third-order valence-corrected chi connectivity index (χ3v) is 2.45. The van der Waals surface area contributed by atoms with Gasteiger partial charge in [0.2, 0.25) is 0 Å². The van der Waals surface area contributed by atoms with Crippen LogP contribution in [-0.4, -0.2) is 32.9 Å². The zero-order chi connectivity index (χ0) is 13.4. The van der Waals surface area contributed by atoms with Gasteiger partial charge in [-0.15, -0.1) is 0 Å². The Morgan fingerprint density at radius 1 is 1.33 bits per heavy atom. The van der Waals surface area contributed by atoms with E-state index in [1.54, 1.807) is 31.4 Å². The zero-order valence-electron chi connectivity index (χ0n) is 10.8. The molecule has 0 aliphatic rings. The Labute approximate surface area is 107 Å². The Hall–Kier alpha value is -1.59. The van der Waals surface area contributed by atoms with Crippen LogP contribution in [0.1, 0.15) is 23.7 Å². The number of benzene rings is 1. The molecule has 0 saturated carbocycles. The predicted octanol–water partition coefficient (Wildman–Crippen LogP) is 2.21. The van der Waals surface area contributed by atoms with Crippen molar-refractivity contribution in [3.8, 4) is 5.75 Å². The van der Waals surface area contributed by atoms with Crippen molar-refractivity contribution in [1.82, 2.24) is 0 Å². The molecule has 0 fully saturated rings. The summed E-state index contributed by atoms with van der Waals surface area (Å²) in [5, 5.41) is 0. The Balaban J connectivity index is 2.36. The Morgan fingerprint density at radius 2 is 2.11 bits per heavy atom. The lowest BCUT2D eigenvalue weighted by atomic mass is 10.2. The molecule has 5 heteroatoms. The van der Waals surface area contributed by atoms with Gasteiger partial charge in [0.05, 0.1) is 25.4 Å². The van der Waals surface area contributed by atoms with Gasteiger partial charge in [-0.05, 0) is 25.1 Å². The van der Waals surface area contributed by atoms with Crippen LogP contribution in [-0.2, 0) is 14.5 Å². The van der Waals surface area contributed by atoms with Gasteiger partial charge >= 0.3 is 5.97 Å². The van der Waals surface area contributed by atoms with Gasteiger partial charge in [-0.3, -0.25) is 4.89 Å². The highest BCUT2D eigenvalue weighted by Crippen LogP contribution is 2.13. The molecule has 1 aromatic rings. The molecular formula is C13H18O5. The normalized spacial score (nSPS) is 11.9. The van der Waals surface area contributed by atoms with E-state index in [2.05, 4.69) is 4.89 Å². The van der Waals surface area contributed by atoms with Crippen LogP contribution in [0.5, 0.6) is 5.75 Å². The van der Waals surface area contributed by atoms with Gasteiger partial charge in [-0.25, -0.2) is 4.79 Å². The fourth-order valence-corrected chi connectivity index (χ4v) is 1.23. The molecule has 0 amide bonds. The first-order valence-electron chi connectivity index (χ1n) is 5.68. The predicted molar refractivity (Wildman–Crippen MR) is 65.4 cm³/mol. The summed E-state index contributed by atoms with van der Waals surface area (Å²) in [5.41, 5.74) is 0.383. The van der Waals surface area contributed by atoms with Crippen LogP contribution >= 0.6 is 0 Å². The average Bonchev–Trinajstić information content (AvgIpc) is 2.43. The van der Waals surface area contributed by atoms with Crippen molar-refractivity contribution >= 4 is 5.97 Å². The monoisotopic (exact) mass is 254 g/mol. The standard InChI is InChI=1S/C13H18O5/c1-10(15-2)7-8-17-18-13(14)11-5-4-6-12(9-11)16-3/h4-6,9-10H,7-8H2,1-3H3. The maximum atomic E-state index is 11.6. The largest absolute Gasteiger partial charge is 0.497 e. The molecule has 1 unspecified atom stereocenters. The lowest BCUT2D eigenvalue weighted by Gasteiger charge is -2.08. The second-order valence-corrected chi connectivity index (χ2v) is 3.76. The van der Waals surface area contributed by atoms with Gasteiger partial charge in [0.25, 0.3) is 0 Å². The second-order valence-electron chi connectivity index (χ2n) is 3.76. The maximum Gasteiger partial charge on any atom is 0.373 e. The fourth-order valence-electron chi connectivity index (χ4n) is 1.23. The smallest absolute Gasteiger partial charge is 0.373 e. The first-order valence-corrected chi connectivity index (χ1v) is 5.68. The molecule has 0 bridgehead atoms. The van der Waals surface area contributed by atoms with Crippen LogP contribution in [0, 0.1) is 0 Å². The second kappa shape index (κ2) is 7.68. The summed E-state index contributed by atoms with van der Waals surface area (Å²) in [4.78, 5) is 21.1. The van der Waals surface area contributed by atoms with E-state index in [1.807, 2.05) is 6.92 Å². The lowest BCUT2D eigenvalue weighted by molar-refractivity contribution is -0.244.